The molecule has 2 heterocycles. The first-order chi connectivity index (χ1) is 6.68. The first-order valence-electron chi connectivity index (χ1n) is 4.98. The van der Waals surface area contributed by atoms with Gasteiger partial charge in [-0.15, -0.1) is 11.3 Å². The van der Waals surface area contributed by atoms with E-state index in [1.165, 1.54) is 10.4 Å². The second-order valence-corrected chi connectivity index (χ2v) is 4.90. The van der Waals surface area contributed by atoms with E-state index in [-0.39, 0.29) is 5.78 Å². The lowest BCUT2D eigenvalue weighted by Gasteiger charge is -2.32. The standard InChI is InChI=1S/C11H15NOS/c1-8(13)7-12-5-3-11-10(9(12)2)4-6-14-11/h4,6,9H,3,5,7H2,1-2H3. The molecule has 2 rings (SSSR count). The monoisotopic (exact) mass is 209 g/mol. The minimum Gasteiger partial charge on any atom is -0.299 e. The normalized spacial score (nSPS) is 22.0. The number of nitrogens with zero attached hydrogens (tertiary/aromatic N) is 1. The number of thiophene rings is 1. The molecular formula is C11H15NOS. The van der Waals surface area contributed by atoms with Crippen LogP contribution in [-0.2, 0) is 11.2 Å². The summed E-state index contributed by atoms with van der Waals surface area (Å²) in [5, 5.41) is 2.15. The van der Waals surface area contributed by atoms with E-state index in [4.69, 9.17) is 0 Å². The van der Waals surface area contributed by atoms with Crippen LogP contribution in [0.3, 0.4) is 0 Å². The maximum atomic E-state index is 11.1. The first kappa shape index (κ1) is 9.87. The van der Waals surface area contributed by atoms with Crippen LogP contribution in [0, 0.1) is 0 Å². The molecule has 1 aliphatic rings. The van der Waals surface area contributed by atoms with E-state index in [9.17, 15) is 4.79 Å². The average Bonchev–Trinajstić information content (AvgIpc) is 2.57. The third-order valence-electron chi connectivity index (χ3n) is 2.83. The predicted molar refractivity (Wildman–Crippen MR) is 58.7 cm³/mol. The summed E-state index contributed by atoms with van der Waals surface area (Å²) in [4.78, 5) is 14.8. The van der Waals surface area contributed by atoms with Crippen molar-refractivity contribution in [3.63, 3.8) is 0 Å². The third kappa shape index (κ3) is 1.74. The minimum absolute atomic E-state index is 0.260. The number of hydrogen-bond donors (Lipinski definition) is 0. The number of carbonyl (C=O) groups excluding carboxylic acids is 1. The van der Waals surface area contributed by atoms with Crippen LogP contribution < -0.4 is 0 Å². The van der Waals surface area contributed by atoms with Crippen molar-refractivity contribution >= 4 is 17.1 Å². The molecule has 76 valence electrons. The molecule has 1 aromatic heterocycles. The molecule has 0 saturated carbocycles. The molecule has 1 aliphatic heterocycles. The molecular weight excluding hydrogens is 194 g/mol. The number of rotatable bonds is 2. The summed E-state index contributed by atoms with van der Waals surface area (Å²) in [6.07, 6.45) is 1.10. The maximum Gasteiger partial charge on any atom is 0.143 e. The Morgan fingerprint density at radius 1 is 1.71 bits per heavy atom. The van der Waals surface area contributed by atoms with E-state index in [1.807, 2.05) is 11.3 Å². The SMILES string of the molecule is CC(=O)CN1CCc2sccc2C1C. The van der Waals surface area contributed by atoms with Gasteiger partial charge in [-0.2, -0.15) is 0 Å². The fourth-order valence-electron chi connectivity index (χ4n) is 2.06. The Morgan fingerprint density at radius 2 is 2.50 bits per heavy atom. The van der Waals surface area contributed by atoms with E-state index in [2.05, 4.69) is 23.3 Å². The highest BCUT2D eigenvalue weighted by atomic mass is 32.1. The number of Topliss-reactive ketones (excluding diaryl/α,β-unsaturated/α-hetero) is 1. The first-order valence-corrected chi connectivity index (χ1v) is 5.86. The third-order valence-corrected chi connectivity index (χ3v) is 3.83. The molecule has 1 atom stereocenters. The highest BCUT2D eigenvalue weighted by Crippen LogP contribution is 2.32. The summed E-state index contributed by atoms with van der Waals surface area (Å²) >= 11 is 1.84. The van der Waals surface area contributed by atoms with Gasteiger partial charge >= 0.3 is 0 Å². The van der Waals surface area contributed by atoms with Crippen LogP contribution in [0.4, 0.5) is 0 Å². The largest absolute Gasteiger partial charge is 0.299 e. The van der Waals surface area contributed by atoms with Gasteiger partial charge in [0.1, 0.15) is 5.78 Å². The van der Waals surface area contributed by atoms with Crippen molar-refractivity contribution in [2.24, 2.45) is 0 Å². The minimum atomic E-state index is 0.260. The number of ketones is 1. The molecule has 0 saturated heterocycles. The van der Waals surface area contributed by atoms with Crippen LogP contribution in [-0.4, -0.2) is 23.8 Å². The van der Waals surface area contributed by atoms with Crippen molar-refractivity contribution in [3.8, 4) is 0 Å². The highest BCUT2D eigenvalue weighted by Gasteiger charge is 2.24. The Kier molecular flexibility index (Phi) is 2.70. The summed E-state index contributed by atoms with van der Waals surface area (Å²) in [5.41, 5.74) is 1.42. The molecule has 14 heavy (non-hydrogen) atoms. The zero-order valence-corrected chi connectivity index (χ0v) is 9.43. The van der Waals surface area contributed by atoms with Crippen molar-refractivity contribution in [1.82, 2.24) is 4.90 Å². The molecule has 0 fully saturated rings. The molecule has 0 aromatic carbocycles. The van der Waals surface area contributed by atoms with Gasteiger partial charge < -0.3 is 0 Å². The Bertz CT molecular complexity index is 345. The maximum absolute atomic E-state index is 11.1. The summed E-state index contributed by atoms with van der Waals surface area (Å²) in [6, 6.07) is 2.60. The van der Waals surface area contributed by atoms with Gasteiger partial charge in [0.2, 0.25) is 0 Å². The van der Waals surface area contributed by atoms with E-state index >= 15 is 0 Å². The van der Waals surface area contributed by atoms with Gasteiger partial charge in [0.05, 0.1) is 6.54 Å². The van der Waals surface area contributed by atoms with Crippen LogP contribution in [0.1, 0.15) is 30.3 Å². The van der Waals surface area contributed by atoms with E-state index in [0.29, 0.717) is 12.6 Å². The molecule has 1 unspecified atom stereocenters. The summed E-state index contributed by atoms with van der Waals surface area (Å²) < 4.78 is 0. The van der Waals surface area contributed by atoms with Crippen LogP contribution >= 0.6 is 11.3 Å². The molecule has 3 heteroatoms. The number of carbonyl (C=O) groups is 1. The van der Waals surface area contributed by atoms with Crippen molar-refractivity contribution in [2.75, 3.05) is 13.1 Å². The van der Waals surface area contributed by atoms with Crippen LogP contribution in [0.5, 0.6) is 0 Å². The Labute approximate surface area is 88.5 Å². The molecule has 0 radical (unpaired) electrons. The lowest BCUT2D eigenvalue weighted by molar-refractivity contribution is -0.118. The molecule has 2 nitrogen and oxygen atoms in total. The topological polar surface area (TPSA) is 20.3 Å². The lowest BCUT2D eigenvalue weighted by Crippen LogP contribution is -2.36. The van der Waals surface area contributed by atoms with Gasteiger partial charge in [-0.05, 0) is 37.3 Å². The van der Waals surface area contributed by atoms with Crippen LogP contribution in [0.2, 0.25) is 0 Å². The molecule has 1 aromatic rings. The lowest BCUT2D eigenvalue weighted by atomic mass is 10.0. The zero-order chi connectivity index (χ0) is 10.1. The average molecular weight is 209 g/mol. The summed E-state index contributed by atoms with van der Waals surface area (Å²) in [7, 11) is 0. The Hall–Kier alpha value is -0.670. The Morgan fingerprint density at radius 3 is 3.21 bits per heavy atom. The predicted octanol–water partition coefficient (Wildman–Crippen LogP) is 2.26. The van der Waals surface area contributed by atoms with Crippen LogP contribution in [0.15, 0.2) is 11.4 Å². The zero-order valence-electron chi connectivity index (χ0n) is 8.62. The van der Waals surface area contributed by atoms with Gasteiger partial charge in [0, 0.05) is 17.5 Å². The van der Waals surface area contributed by atoms with Gasteiger partial charge in [-0.3, -0.25) is 9.69 Å². The smallest absolute Gasteiger partial charge is 0.143 e. The number of hydrogen-bond acceptors (Lipinski definition) is 3. The molecule has 0 spiro atoms. The van der Waals surface area contributed by atoms with Gasteiger partial charge in [-0.25, -0.2) is 0 Å². The van der Waals surface area contributed by atoms with Crippen molar-refractivity contribution in [2.45, 2.75) is 26.3 Å². The molecule has 0 N–H and O–H groups in total. The molecule has 0 aliphatic carbocycles. The van der Waals surface area contributed by atoms with E-state index in [0.717, 1.165) is 13.0 Å². The molecule has 0 bridgehead atoms. The Balaban J connectivity index is 2.16. The fraction of sp³-hybridized carbons (Fsp3) is 0.545. The van der Waals surface area contributed by atoms with E-state index < -0.39 is 0 Å². The second-order valence-electron chi connectivity index (χ2n) is 3.90. The van der Waals surface area contributed by atoms with Crippen molar-refractivity contribution in [1.29, 1.82) is 0 Å². The molecule has 0 amide bonds. The van der Waals surface area contributed by atoms with Crippen molar-refractivity contribution in [3.05, 3.63) is 21.9 Å². The second kappa shape index (κ2) is 3.83. The van der Waals surface area contributed by atoms with Gasteiger partial charge in [0.15, 0.2) is 0 Å². The fourth-order valence-corrected chi connectivity index (χ4v) is 3.03. The van der Waals surface area contributed by atoms with Crippen LogP contribution in [0.25, 0.3) is 0 Å². The van der Waals surface area contributed by atoms with E-state index in [1.54, 1.807) is 6.92 Å². The quantitative estimate of drug-likeness (QED) is 0.744. The van der Waals surface area contributed by atoms with Gasteiger partial charge in [-0.1, -0.05) is 0 Å². The summed E-state index contributed by atoms with van der Waals surface area (Å²) in [5.74, 6) is 0.260. The van der Waals surface area contributed by atoms with Gasteiger partial charge in [0.25, 0.3) is 0 Å². The summed E-state index contributed by atoms with van der Waals surface area (Å²) in [6.45, 7) is 5.47. The van der Waals surface area contributed by atoms with Crippen molar-refractivity contribution < 1.29 is 4.79 Å². The number of fused-ring (bicyclic) bond motifs is 1. The highest BCUT2D eigenvalue weighted by molar-refractivity contribution is 7.10.